The smallest absolute Gasteiger partial charge is 0.103 e. The molecule has 0 amide bonds. The number of rotatable bonds is 1. The normalized spacial score (nSPS) is 39.5. The van der Waals surface area contributed by atoms with Crippen LogP contribution in [0.4, 0.5) is 4.39 Å². The van der Waals surface area contributed by atoms with Crippen LogP contribution >= 0.6 is 0 Å². The molecule has 0 aromatic heterocycles. The summed E-state index contributed by atoms with van der Waals surface area (Å²) in [5.41, 5.74) is 0. The van der Waals surface area contributed by atoms with Gasteiger partial charge < -0.3 is 0 Å². The molecule has 0 bridgehead atoms. The van der Waals surface area contributed by atoms with Gasteiger partial charge in [-0.15, -0.1) is 0 Å². The summed E-state index contributed by atoms with van der Waals surface area (Å²) >= 11 is 0. The molecule has 3 unspecified atom stereocenters. The van der Waals surface area contributed by atoms with Crippen LogP contribution in [0.25, 0.3) is 0 Å². The van der Waals surface area contributed by atoms with Gasteiger partial charge in [0.1, 0.15) is 6.17 Å². The van der Waals surface area contributed by atoms with Gasteiger partial charge in [-0.05, 0) is 30.6 Å². The maximum atomic E-state index is 13.3. The minimum Gasteiger partial charge on any atom is -0.247 e. The molecule has 1 aliphatic rings. The lowest BCUT2D eigenvalue weighted by Crippen LogP contribution is -2.28. The van der Waals surface area contributed by atoms with Crippen molar-refractivity contribution in [2.24, 2.45) is 17.8 Å². The van der Waals surface area contributed by atoms with E-state index in [0.717, 1.165) is 12.8 Å². The molecule has 0 nitrogen and oxygen atoms in total. The molecule has 11 heavy (non-hydrogen) atoms. The minimum absolute atomic E-state index is 0.339. The van der Waals surface area contributed by atoms with Crippen LogP contribution in [0.2, 0.25) is 0 Å². The van der Waals surface area contributed by atoms with E-state index in [1.807, 2.05) is 0 Å². The van der Waals surface area contributed by atoms with Crippen LogP contribution in [0.5, 0.6) is 0 Å². The summed E-state index contributed by atoms with van der Waals surface area (Å²) in [4.78, 5) is 0. The Morgan fingerprint density at radius 3 is 2.36 bits per heavy atom. The van der Waals surface area contributed by atoms with Crippen molar-refractivity contribution >= 4 is 0 Å². The first-order chi connectivity index (χ1) is 5.11. The van der Waals surface area contributed by atoms with Gasteiger partial charge in [0.15, 0.2) is 0 Å². The molecular formula is C10H19F. The Kier molecular flexibility index (Phi) is 2.91. The quantitative estimate of drug-likeness (QED) is 0.548. The molecule has 0 aromatic carbocycles. The molecule has 0 radical (unpaired) electrons. The highest BCUT2D eigenvalue weighted by atomic mass is 19.1. The van der Waals surface area contributed by atoms with Crippen LogP contribution in [0.3, 0.4) is 0 Å². The molecule has 0 aliphatic heterocycles. The molecule has 0 spiro atoms. The minimum atomic E-state index is -0.529. The molecule has 0 heterocycles. The lowest BCUT2D eigenvalue weighted by molar-refractivity contribution is 0.1000. The van der Waals surface area contributed by atoms with Crippen molar-refractivity contribution in [3.63, 3.8) is 0 Å². The first-order valence-electron chi connectivity index (χ1n) is 4.75. The SMILES string of the molecule is CC1CCC(C(C)C)C(F)C1. The van der Waals surface area contributed by atoms with Crippen LogP contribution < -0.4 is 0 Å². The van der Waals surface area contributed by atoms with Crippen LogP contribution in [0, 0.1) is 17.8 Å². The maximum absolute atomic E-state index is 13.3. The van der Waals surface area contributed by atoms with E-state index in [0.29, 0.717) is 17.8 Å². The van der Waals surface area contributed by atoms with Crippen molar-refractivity contribution in [1.29, 1.82) is 0 Å². The van der Waals surface area contributed by atoms with Gasteiger partial charge in [-0.2, -0.15) is 0 Å². The zero-order chi connectivity index (χ0) is 8.43. The second-order valence-corrected chi connectivity index (χ2v) is 4.34. The lowest BCUT2D eigenvalue weighted by atomic mass is 9.76. The van der Waals surface area contributed by atoms with Gasteiger partial charge in [0.05, 0.1) is 0 Å². The fourth-order valence-electron chi connectivity index (χ4n) is 2.09. The third kappa shape index (κ3) is 2.18. The van der Waals surface area contributed by atoms with Crippen LogP contribution in [-0.4, -0.2) is 6.17 Å². The second kappa shape index (κ2) is 3.55. The Morgan fingerprint density at radius 2 is 1.91 bits per heavy atom. The molecule has 0 N–H and O–H groups in total. The van der Waals surface area contributed by atoms with Crippen molar-refractivity contribution in [3.05, 3.63) is 0 Å². The summed E-state index contributed by atoms with van der Waals surface area (Å²) in [5, 5.41) is 0. The Balaban J connectivity index is 2.44. The van der Waals surface area contributed by atoms with Crippen molar-refractivity contribution < 1.29 is 4.39 Å². The summed E-state index contributed by atoms with van der Waals surface area (Å²) < 4.78 is 13.3. The topological polar surface area (TPSA) is 0 Å². The highest BCUT2D eigenvalue weighted by molar-refractivity contribution is 4.79. The molecular weight excluding hydrogens is 139 g/mol. The Bertz CT molecular complexity index is 120. The van der Waals surface area contributed by atoms with Gasteiger partial charge in [0.2, 0.25) is 0 Å². The Labute approximate surface area is 69.2 Å². The van der Waals surface area contributed by atoms with Crippen molar-refractivity contribution in [2.45, 2.75) is 46.2 Å². The molecule has 1 aliphatic carbocycles. The zero-order valence-corrected chi connectivity index (χ0v) is 7.81. The summed E-state index contributed by atoms with van der Waals surface area (Å²) in [6, 6.07) is 0. The van der Waals surface area contributed by atoms with Crippen molar-refractivity contribution in [1.82, 2.24) is 0 Å². The van der Waals surface area contributed by atoms with E-state index < -0.39 is 6.17 Å². The molecule has 1 fully saturated rings. The van der Waals surface area contributed by atoms with E-state index in [2.05, 4.69) is 20.8 Å². The first kappa shape index (κ1) is 9.02. The van der Waals surface area contributed by atoms with E-state index in [9.17, 15) is 4.39 Å². The van der Waals surface area contributed by atoms with Gasteiger partial charge >= 0.3 is 0 Å². The molecule has 1 rings (SSSR count). The fraction of sp³-hybridized carbons (Fsp3) is 1.00. The number of hydrogen-bond acceptors (Lipinski definition) is 0. The summed E-state index contributed by atoms with van der Waals surface area (Å²) in [5.74, 6) is 1.48. The summed E-state index contributed by atoms with van der Waals surface area (Å²) in [6.07, 6.45) is 2.59. The maximum Gasteiger partial charge on any atom is 0.103 e. The molecule has 66 valence electrons. The van der Waals surface area contributed by atoms with Gasteiger partial charge in [-0.3, -0.25) is 0 Å². The lowest BCUT2D eigenvalue weighted by Gasteiger charge is -2.32. The Hall–Kier alpha value is -0.0700. The van der Waals surface area contributed by atoms with Crippen molar-refractivity contribution in [2.75, 3.05) is 0 Å². The first-order valence-corrected chi connectivity index (χ1v) is 4.75. The average Bonchev–Trinajstić information content (AvgIpc) is 1.85. The van der Waals surface area contributed by atoms with E-state index in [4.69, 9.17) is 0 Å². The average molecular weight is 158 g/mol. The van der Waals surface area contributed by atoms with E-state index >= 15 is 0 Å². The standard InChI is InChI=1S/C10H19F/c1-7(2)9-5-4-8(3)6-10(9)11/h7-10H,4-6H2,1-3H3. The largest absolute Gasteiger partial charge is 0.247 e. The second-order valence-electron chi connectivity index (χ2n) is 4.34. The van der Waals surface area contributed by atoms with Gasteiger partial charge in [0.25, 0.3) is 0 Å². The van der Waals surface area contributed by atoms with E-state index in [-0.39, 0.29) is 0 Å². The monoisotopic (exact) mass is 158 g/mol. The fourth-order valence-corrected chi connectivity index (χ4v) is 2.09. The number of halogens is 1. The third-order valence-corrected chi connectivity index (χ3v) is 2.94. The predicted octanol–water partition coefficient (Wildman–Crippen LogP) is 3.42. The predicted molar refractivity (Wildman–Crippen MR) is 46.2 cm³/mol. The Morgan fingerprint density at radius 1 is 1.27 bits per heavy atom. The van der Waals surface area contributed by atoms with Crippen LogP contribution in [0.15, 0.2) is 0 Å². The third-order valence-electron chi connectivity index (χ3n) is 2.94. The molecule has 1 heteroatoms. The molecule has 0 saturated heterocycles. The van der Waals surface area contributed by atoms with Gasteiger partial charge in [-0.25, -0.2) is 4.39 Å². The van der Waals surface area contributed by atoms with Crippen molar-refractivity contribution in [3.8, 4) is 0 Å². The number of hydrogen-bond donors (Lipinski definition) is 0. The summed E-state index contributed by atoms with van der Waals surface area (Å²) in [7, 11) is 0. The van der Waals surface area contributed by atoms with Crippen LogP contribution in [-0.2, 0) is 0 Å². The molecule has 0 aromatic rings. The van der Waals surface area contributed by atoms with Gasteiger partial charge in [-0.1, -0.05) is 27.2 Å². The zero-order valence-electron chi connectivity index (χ0n) is 7.81. The van der Waals surface area contributed by atoms with Gasteiger partial charge in [0, 0.05) is 0 Å². The highest BCUT2D eigenvalue weighted by Gasteiger charge is 2.30. The number of alkyl halides is 1. The highest BCUT2D eigenvalue weighted by Crippen LogP contribution is 2.35. The van der Waals surface area contributed by atoms with E-state index in [1.165, 1.54) is 6.42 Å². The molecule has 3 atom stereocenters. The summed E-state index contributed by atoms with van der Waals surface area (Å²) in [6.45, 7) is 6.42. The molecule has 1 saturated carbocycles. The van der Waals surface area contributed by atoms with E-state index in [1.54, 1.807) is 0 Å². The van der Waals surface area contributed by atoms with Crippen LogP contribution in [0.1, 0.15) is 40.0 Å².